The molecule has 2 aromatic rings. The molecule has 0 bridgehead atoms. The zero-order valence-electron chi connectivity index (χ0n) is 14.5. The molecule has 3 amide bonds. The van der Waals surface area contributed by atoms with Crippen LogP contribution in [0.2, 0.25) is 0 Å². The Hall–Kier alpha value is -3.56. The Labute approximate surface area is 157 Å². The fourth-order valence-electron chi connectivity index (χ4n) is 2.22. The number of hydrogen-bond acceptors (Lipinski definition) is 4. The summed E-state index contributed by atoms with van der Waals surface area (Å²) < 4.78 is 43.9. The second-order valence-electron chi connectivity index (χ2n) is 5.65. The first-order chi connectivity index (χ1) is 13.1. The predicted molar refractivity (Wildman–Crippen MR) is 94.6 cm³/mol. The van der Waals surface area contributed by atoms with E-state index in [0.29, 0.717) is 0 Å². The number of ether oxygens (including phenoxy) is 1. The van der Waals surface area contributed by atoms with Gasteiger partial charge in [-0.25, -0.2) is 9.59 Å². The monoisotopic (exact) mass is 395 g/mol. The minimum Gasteiger partial charge on any atom is -0.449 e. The van der Waals surface area contributed by atoms with Crippen molar-refractivity contribution in [3.8, 4) is 0 Å². The van der Waals surface area contributed by atoms with E-state index in [9.17, 15) is 27.6 Å². The number of rotatable bonds is 5. The number of nitrogens with one attached hydrogen (secondary N) is 2. The van der Waals surface area contributed by atoms with Gasteiger partial charge in [0.25, 0.3) is 5.91 Å². The van der Waals surface area contributed by atoms with Crippen molar-refractivity contribution in [3.05, 3.63) is 59.7 Å². The first kappa shape index (κ1) is 20.7. The SMILES string of the molecule is C[C@@H](OC(=O)c1cccc(NC(N)=O)c1)C(=O)Nc1ccccc1C(F)(F)F. The Morgan fingerprint density at radius 2 is 1.71 bits per heavy atom. The first-order valence-electron chi connectivity index (χ1n) is 7.92. The third-order valence-corrected chi connectivity index (χ3v) is 3.51. The van der Waals surface area contributed by atoms with Crippen molar-refractivity contribution >= 4 is 29.3 Å². The van der Waals surface area contributed by atoms with Crippen LogP contribution < -0.4 is 16.4 Å². The highest BCUT2D eigenvalue weighted by molar-refractivity contribution is 5.98. The molecule has 7 nitrogen and oxygen atoms in total. The molecule has 4 N–H and O–H groups in total. The van der Waals surface area contributed by atoms with E-state index in [-0.39, 0.29) is 11.3 Å². The highest BCUT2D eigenvalue weighted by Crippen LogP contribution is 2.34. The third-order valence-electron chi connectivity index (χ3n) is 3.51. The number of urea groups is 1. The van der Waals surface area contributed by atoms with Crippen LogP contribution in [0.1, 0.15) is 22.8 Å². The van der Waals surface area contributed by atoms with Gasteiger partial charge in [-0.05, 0) is 37.3 Å². The van der Waals surface area contributed by atoms with Crippen molar-refractivity contribution in [2.75, 3.05) is 10.6 Å². The van der Waals surface area contributed by atoms with Crippen LogP contribution in [0.3, 0.4) is 0 Å². The molecule has 0 aliphatic carbocycles. The van der Waals surface area contributed by atoms with Crippen LogP contribution in [-0.4, -0.2) is 24.0 Å². The van der Waals surface area contributed by atoms with Crippen LogP contribution >= 0.6 is 0 Å². The zero-order chi connectivity index (χ0) is 20.9. The molecule has 0 radical (unpaired) electrons. The van der Waals surface area contributed by atoms with Crippen LogP contribution in [-0.2, 0) is 15.7 Å². The molecule has 0 saturated carbocycles. The number of carbonyl (C=O) groups is 3. The number of primary amides is 1. The lowest BCUT2D eigenvalue weighted by molar-refractivity contribution is -0.137. The maximum absolute atomic E-state index is 13.0. The largest absolute Gasteiger partial charge is 0.449 e. The Morgan fingerprint density at radius 1 is 1.04 bits per heavy atom. The molecule has 2 rings (SSSR count). The second-order valence-corrected chi connectivity index (χ2v) is 5.65. The molecule has 0 saturated heterocycles. The lowest BCUT2D eigenvalue weighted by Gasteiger charge is -2.17. The van der Waals surface area contributed by atoms with Crippen molar-refractivity contribution in [2.24, 2.45) is 5.73 Å². The molecule has 2 aromatic carbocycles. The Balaban J connectivity index is 2.07. The number of amides is 3. The third kappa shape index (κ3) is 5.47. The van der Waals surface area contributed by atoms with E-state index in [1.807, 2.05) is 0 Å². The van der Waals surface area contributed by atoms with Gasteiger partial charge in [-0.2, -0.15) is 13.2 Å². The molecule has 10 heteroatoms. The summed E-state index contributed by atoms with van der Waals surface area (Å²) in [5.74, 6) is -1.84. The van der Waals surface area contributed by atoms with Gasteiger partial charge < -0.3 is 21.1 Å². The minimum atomic E-state index is -4.66. The smallest absolute Gasteiger partial charge is 0.418 e. The minimum absolute atomic E-state index is 0.0154. The van der Waals surface area contributed by atoms with E-state index in [2.05, 4.69) is 10.6 Å². The number of benzene rings is 2. The zero-order valence-corrected chi connectivity index (χ0v) is 14.5. The fraction of sp³-hybridized carbons (Fsp3) is 0.167. The number of para-hydroxylation sites is 1. The number of carbonyl (C=O) groups excluding carboxylic acids is 3. The molecule has 0 fully saturated rings. The number of hydrogen-bond donors (Lipinski definition) is 3. The number of halogens is 3. The summed E-state index contributed by atoms with van der Waals surface area (Å²) >= 11 is 0. The number of nitrogens with two attached hydrogens (primary N) is 1. The van der Waals surface area contributed by atoms with Gasteiger partial charge in [0.05, 0.1) is 16.8 Å². The summed E-state index contributed by atoms with van der Waals surface area (Å²) in [5.41, 5.74) is 3.77. The number of esters is 1. The quantitative estimate of drug-likeness (QED) is 0.674. The average Bonchev–Trinajstić information content (AvgIpc) is 2.60. The molecular formula is C18H16F3N3O4. The van der Waals surface area contributed by atoms with Crippen LogP contribution in [0.15, 0.2) is 48.5 Å². The Bertz CT molecular complexity index is 900. The number of anilines is 2. The predicted octanol–water partition coefficient (Wildman–Crippen LogP) is 3.38. The standard InChI is InChI=1S/C18H16F3N3O4/c1-10(15(25)24-14-8-3-2-7-13(14)18(19,20)21)28-16(26)11-5-4-6-12(9-11)23-17(22)27/h2-10H,1H3,(H,24,25)(H3,22,23,27)/t10-/m1/s1. The maximum atomic E-state index is 13.0. The number of alkyl halides is 3. The molecular weight excluding hydrogens is 379 g/mol. The molecule has 0 unspecified atom stereocenters. The molecule has 1 atom stereocenters. The van der Waals surface area contributed by atoms with Crippen molar-refractivity contribution < 1.29 is 32.3 Å². The summed E-state index contributed by atoms with van der Waals surface area (Å²) in [6.07, 6.45) is -6.03. The van der Waals surface area contributed by atoms with Gasteiger partial charge in [0.15, 0.2) is 6.10 Å². The van der Waals surface area contributed by atoms with Crippen molar-refractivity contribution in [1.29, 1.82) is 0 Å². The van der Waals surface area contributed by atoms with Gasteiger partial charge in [-0.15, -0.1) is 0 Å². The van der Waals surface area contributed by atoms with Gasteiger partial charge in [0.2, 0.25) is 0 Å². The summed E-state index contributed by atoms with van der Waals surface area (Å²) in [4.78, 5) is 35.1. The second kappa shape index (κ2) is 8.42. The Morgan fingerprint density at radius 3 is 2.36 bits per heavy atom. The van der Waals surface area contributed by atoms with Gasteiger partial charge in [-0.3, -0.25) is 4.79 Å². The van der Waals surface area contributed by atoms with Gasteiger partial charge in [0, 0.05) is 5.69 Å². The van der Waals surface area contributed by atoms with Crippen molar-refractivity contribution in [3.63, 3.8) is 0 Å². The first-order valence-corrected chi connectivity index (χ1v) is 7.92. The molecule has 0 aliphatic heterocycles. The van der Waals surface area contributed by atoms with Crippen LogP contribution in [0.5, 0.6) is 0 Å². The van der Waals surface area contributed by atoms with Gasteiger partial charge in [0.1, 0.15) is 0 Å². The maximum Gasteiger partial charge on any atom is 0.418 e. The summed E-state index contributed by atoms with van der Waals surface area (Å²) in [5, 5.41) is 4.38. The Kier molecular flexibility index (Phi) is 6.24. The highest BCUT2D eigenvalue weighted by atomic mass is 19.4. The molecule has 0 aliphatic rings. The highest BCUT2D eigenvalue weighted by Gasteiger charge is 2.34. The molecule has 28 heavy (non-hydrogen) atoms. The summed E-state index contributed by atoms with van der Waals surface area (Å²) in [6, 6.07) is 9.18. The van der Waals surface area contributed by atoms with Crippen LogP contribution in [0, 0.1) is 0 Å². The average molecular weight is 395 g/mol. The van der Waals surface area contributed by atoms with Crippen LogP contribution in [0.4, 0.5) is 29.3 Å². The van der Waals surface area contributed by atoms with Gasteiger partial charge >= 0.3 is 18.2 Å². The summed E-state index contributed by atoms with van der Waals surface area (Å²) in [6.45, 7) is 1.22. The molecule has 0 spiro atoms. The van der Waals surface area contributed by atoms with Gasteiger partial charge in [-0.1, -0.05) is 18.2 Å². The van der Waals surface area contributed by atoms with Crippen molar-refractivity contribution in [2.45, 2.75) is 19.2 Å². The van der Waals surface area contributed by atoms with E-state index in [4.69, 9.17) is 10.5 Å². The van der Waals surface area contributed by atoms with Crippen LogP contribution in [0.25, 0.3) is 0 Å². The lowest BCUT2D eigenvalue weighted by Crippen LogP contribution is -2.30. The fourth-order valence-corrected chi connectivity index (χ4v) is 2.22. The lowest BCUT2D eigenvalue weighted by atomic mass is 10.1. The van der Waals surface area contributed by atoms with E-state index in [0.717, 1.165) is 12.1 Å². The van der Waals surface area contributed by atoms with E-state index in [1.165, 1.54) is 43.3 Å². The van der Waals surface area contributed by atoms with Crippen molar-refractivity contribution in [1.82, 2.24) is 0 Å². The molecule has 0 heterocycles. The normalized spacial score (nSPS) is 12.0. The molecule has 0 aromatic heterocycles. The van der Waals surface area contributed by atoms with E-state index >= 15 is 0 Å². The molecule has 148 valence electrons. The van der Waals surface area contributed by atoms with E-state index < -0.39 is 41.4 Å². The summed E-state index contributed by atoms with van der Waals surface area (Å²) in [7, 11) is 0. The topological polar surface area (TPSA) is 111 Å². The van der Waals surface area contributed by atoms with E-state index in [1.54, 1.807) is 0 Å².